The maximum atomic E-state index is 13.4. The number of likely N-dealkylation sites (tertiary alicyclic amines) is 1. The molecule has 8 nitrogen and oxygen atoms in total. The number of piperidine rings is 1. The zero-order chi connectivity index (χ0) is 22.4. The fourth-order valence-electron chi connectivity index (χ4n) is 4.87. The molecule has 2 fully saturated rings. The van der Waals surface area contributed by atoms with Crippen LogP contribution in [0.15, 0.2) is 60.0 Å². The molecular formula is C24H22N6O2S. The van der Waals surface area contributed by atoms with Gasteiger partial charge in [-0.2, -0.15) is 4.80 Å². The van der Waals surface area contributed by atoms with Gasteiger partial charge < -0.3 is 0 Å². The normalized spacial score (nSPS) is 20.2. The van der Waals surface area contributed by atoms with E-state index in [0.29, 0.717) is 24.6 Å². The molecule has 1 atom stereocenters. The molecule has 33 heavy (non-hydrogen) atoms. The van der Waals surface area contributed by atoms with Crippen LogP contribution in [0.3, 0.4) is 0 Å². The number of hydrogen-bond donors (Lipinski definition) is 0. The van der Waals surface area contributed by atoms with E-state index in [4.69, 9.17) is 0 Å². The first-order valence-corrected chi connectivity index (χ1v) is 12.0. The third kappa shape index (κ3) is 3.53. The molecule has 2 aliphatic heterocycles. The van der Waals surface area contributed by atoms with E-state index in [1.54, 1.807) is 16.1 Å². The van der Waals surface area contributed by atoms with Gasteiger partial charge in [0.1, 0.15) is 0 Å². The Bertz CT molecular complexity index is 1320. The van der Waals surface area contributed by atoms with E-state index >= 15 is 0 Å². The van der Waals surface area contributed by atoms with Crippen molar-refractivity contribution in [2.24, 2.45) is 0 Å². The Labute approximate surface area is 194 Å². The van der Waals surface area contributed by atoms with Gasteiger partial charge in [0, 0.05) is 18.5 Å². The molecule has 9 heteroatoms. The summed E-state index contributed by atoms with van der Waals surface area (Å²) in [5, 5.41) is 16.9. The molecular weight excluding hydrogens is 436 g/mol. The second-order valence-electron chi connectivity index (χ2n) is 8.46. The standard InChI is InChI=1S/C24H22N6O2S/c31-22-15-20(24(32)29(22)19-8-3-6-16-5-1-2-7-18(16)19)28-12-10-17(11-13-28)30-26-23(25-27-30)21-9-4-14-33-21/h1-9,14,17,20H,10-13,15H2/t20-/m0/s1. The number of thiophene rings is 1. The van der Waals surface area contributed by atoms with Crippen molar-refractivity contribution < 1.29 is 9.59 Å². The Hall–Kier alpha value is -3.43. The van der Waals surface area contributed by atoms with Crippen LogP contribution in [0.5, 0.6) is 0 Å². The first-order valence-electron chi connectivity index (χ1n) is 11.1. The highest BCUT2D eigenvalue weighted by Crippen LogP contribution is 2.33. The summed E-state index contributed by atoms with van der Waals surface area (Å²) in [6.45, 7) is 1.43. The first kappa shape index (κ1) is 20.2. The van der Waals surface area contributed by atoms with Crippen molar-refractivity contribution >= 4 is 39.6 Å². The van der Waals surface area contributed by atoms with Crippen molar-refractivity contribution in [2.45, 2.75) is 31.3 Å². The highest BCUT2D eigenvalue weighted by atomic mass is 32.1. The molecule has 0 aliphatic carbocycles. The van der Waals surface area contributed by atoms with E-state index in [9.17, 15) is 9.59 Å². The lowest BCUT2D eigenvalue weighted by molar-refractivity contribution is -0.123. The number of rotatable bonds is 4. The number of aromatic nitrogens is 4. The van der Waals surface area contributed by atoms with Crippen LogP contribution in [0.1, 0.15) is 25.3 Å². The summed E-state index contributed by atoms with van der Waals surface area (Å²) in [7, 11) is 0. The Kier molecular flexibility index (Phi) is 5.00. The van der Waals surface area contributed by atoms with Gasteiger partial charge in [0.05, 0.1) is 29.1 Å². The van der Waals surface area contributed by atoms with Crippen molar-refractivity contribution in [3.63, 3.8) is 0 Å². The zero-order valence-corrected chi connectivity index (χ0v) is 18.7. The third-order valence-corrected chi connectivity index (χ3v) is 7.43. The monoisotopic (exact) mass is 458 g/mol. The largest absolute Gasteiger partial charge is 0.291 e. The van der Waals surface area contributed by atoms with Crippen LogP contribution in [0.4, 0.5) is 5.69 Å². The van der Waals surface area contributed by atoms with Crippen molar-refractivity contribution in [2.75, 3.05) is 18.0 Å². The molecule has 4 heterocycles. The predicted octanol–water partition coefficient (Wildman–Crippen LogP) is 3.52. The van der Waals surface area contributed by atoms with Gasteiger partial charge in [0.15, 0.2) is 0 Å². The molecule has 2 amide bonds. The van der Waals surface area contributed by atoms with Gasteiger partial charge in [-0.25, -0.2) is 4.90 Å². The summed E-state index contributed by atoms with van der Waals surface area (Å²) in [5.41, 5.74) is 0.674. The van der Waals surface area contributed by atoms with Crippen LogP contribution in [-0.2, 0) is 9.59 Å². The van der Waals surface area contributed by atoms with Crippen LogP contribution >= 0.6 is 11.3 Å². The molecule has 6 rings (SSSR count). The molecule has 0 radical (unpaired) electrons. The maximum absolute atomic E-state index is 13.4. The number of carbonyl (C=O) groups excluding carboxylic acids is 2. The number of hydrogen-bond acceptors (Lipinski definition) is 7. The summed E-state index contributed by atoms with van der Waals surface area (Å²) in [6, 6.07) is 17.3. The minimum Gasteiger partial charge on any atom is -0.291 e. The van der Waals surface area contributed by atoms with E-state index in [-0.39, 0.29) is 24.3 Å². The predicted molar refractivity (Wildman–Crippen MR) is 126 cm³/mol. The minimum absolute atomic E-state index is 0.131. The second kappa shape index (κ2) is 8.17. The summed E-state index contributed by atoms with van der Waals surface area (Å²) in [4.78, 5) is 32.5. The lowest BCUT2D eigenvalue weighted by atomic mass is 10.0. The zero-order valence-electron chi connectivity index (χ0n) is 17.9. The number of benzene rings is 2. The van der Waals surface area contributed by atoms with Crippen LogP contribution < -0.4 is 4.90 Å². The number of nitrogens with zero attached hydrogens (tertiary/aromatic N) is 6. The van der Waals surface area contributed by atoms with Crippen LogP contribution in [0.25, 0.3) is 21.5 Å². The van der Waals surface area contributed by atoms with Gasteiger partial charge in [0.25, 0.3) is 5.91 Å². The Morgan fingerprint density at radius 2 is 1.76 bits per heavy atom. The highest BCUT2D eigenvalue weighted by molar-refractivity contribution is 7.13. The SMILES string of the molecule is O=C1C[C@H](N2CCC(n3nnc(-c4cccs4)n3)CC2)C(=O)N1c1cccc2ccccc12. The molecule has 4 aromatic rings. The lowest BCUT2D eigenvalue weighted by Crippen LogP contribution is -2.46. The molecule has 2 aromatic heterocycles. The highest BCUT2D eigenvalue weighted by Gasteiger charge is 2.44. The maximum Gasteiger partial charge on any atom is 0.251 e. The van der Waals surface area contributed by atoms with E-state index < -0.39 is 6.04 Å². The van der Waals surface area contributed by atoms with Gasteiger partial charge in [-0.1, -0.05) is 42.5 Å². The van der Waals surface area contributed by atoms with E-state index in [1.165, 1.54) is 4.90 Å². The number of imide groups is 1. The summed E-state index contributed by atoms with van der Waals surface area (Å²) in [5.74, 6) is 0.380. The number of amides is 2. The topological polar surface area (TPSA) is 84.2 Å². The second-order valence-corrected chi connectivity index (χ2v) is 9.41. The quantitative estimate of drug-likeness (QED) is 0.435. The third-order valence-electron chi connectivity index (χ3n) is 6.57. The average Bonchev–Trinajstić information content (AvgIpc) is 3.60. The number of tetrazole rings is 1. The van der Waals surface area contributed by atoms with Crippen LogP contribution in [-0.4, -0.2) is 56.1 Å². The summed E-state index contributed by atoms with van der Waals surface area (Å²) >= 11 is 1.59. The number of carbonyl (C=O) groups is 2. The smallest absolute Gasteiger partial charge is 0.251 e. The fraction of sp³-hybridized carbons (Fsp3) is 0.292. The first-order chi connectivity index (χ1) is 16.2. The van der Waals surface area contributed by atoms with Gasteiger partial charge in [-0.15, -0.1) is 21.5 Å². The van der Waals surface area contributed by atoms with Gasteiger partial charge in [-0.05, 0) is 41.0 Å². The molecule has 2 aliphatic rings. The van der Waals surface area contributed by atoms with Crippen molar-refractivity contribution in [1.29, 1.82) is 0 Å². The van der Waals surface area contributed by atoms with Crippen LogP contribution in [0.2, 0.25) is 0 Å². The van der Waals surface area contributed by atoms with Crippen molar-refractivity contribution in [3.8, 4) is 10.7 Å². The summed E-state index contributed by atoms with van der Waals surface area (Å²) < 4.78 is 0. The van der Waals surface area contributed by atoms with Gasteiger partial charge in [0.2, 0.25) is 11.7 Å². The molecule has 0 unspecified atom stereocenters. The Morgan fingerprint density at radius 1 is 0.939 bits per heavy atom. The molecule has 2 aromatic carbocycles. The molecule has 0 bridgehead atoms. The molecule has 166 valence electrons. The number of anilines is 1. The average molecular weight is 459 g/mol. The molecule has 0 N–H and O–H groups in total. The van der Waals surface area contributed by atoms with E-state index in [0.717, 1.165) is 28.5 Å². The van der Waals surface area contributed by atoms with Crippen LogP contribution in [0, 0.1) is 0 Å². The Balaban J connectivity index is 1.17. The molecule has 0 saturated carbocycles. The molecule has 0 spiro atoms. The van der Waals surface area contributed by atoms with Crippen molar-refractivity contribution in [1.82, 2.24) is 25.1 Å². The number of fused-ring (bicyclic) bond motifs is 1. The van der Waals surface area contributed by atoms with E-state index in [1.807, 2.05) is 60.0 Å². The lowest BCUT2D eigenvalue weighted by Gasteiger charge is -2.34. The van der Waals surface area contributed by atoms with Gasteiger partial charge >= 0.3 is 0 Å². The minimum atomic E-state index is -0.414. The fourth-order valence-corrected chi connectivity index (χ4v) is 5.52. The Morgan fingerprint density at radius 3 is 2.58 bits per heavy atom. The van der Waals surface area contributed by atoms with E-state index in [2.05, 4.69) is 20.3 Å². The van der Waals surface area contributed by atoms with Crippen molar-refractivity contribution in [3.05, 3.63) is 60.0 Å². The molecule has 2 saturated heterocycles. The van der Waals surface area contributed by atoms with Gasteiger partial charge in [-0.3, -0.25) is 14.5 Å². The summed E-state index contributed by atoms with van der Waals surface area (Å²) in [6.07, 6.45) is 1.84.